The maximum atomic E-state index is 11.6. The van der Waals surface area contributed by atoms with Crippen LogP contribution in [0.15, 0.2) is 121 Å². The van der Waals surface area contributed by atoms with Crippen LogP contribution in [-0.2, 0) is 21.7 Å². The summed E-state index contributed by atoms with van der Waals surface area (Å²) in [5.41, 5.74) is 0. The minimum absolute atomic E-state index is 0. The molecule has 0 saturated carbocycles. The quantitative estimate of drug-likeness (QED) is 0.271. The van der Waals surface area contributed by atoms with Crippen LogP contribution in [0.4, 0.5) is 0 Å². The summed E-state index contributed by atoms with van der Waals surface area (Å²) < 4.78 is 23.8. The van der Waals surface area contributed by atoms with Crippen LogP contribution in [0.3, 0.4) is 0 Å². The van der Waals surface area contributed by atoms with Crippen molar-refractivity contribution in [2.24, 2.45) is 0 Å². The van der Waals surface area contributed by atoms with Crippen LogP contribution in [-0.4, -0.2) is 17.4 Å². The van der Waals surface area contributed by atoms with Crippen molar-refractivity contribution in [1.82, 2.24) is 0 Å². The molecule has 0 radical (unpaired) electrons. The van der Waals surface area contributed by atoms with Crippen molar-refractivity contribution in [3.05, 3.63) is 121 Å². The Labute approximate surface area is 202 Å². The fraction of sp³-hybridized carbons (Fsp3) is 0.0769. The molecule has 0 amide bonds. The summed E-state index contributed by atoms with van der Waals surface area (Å²) in [4.78, 5) is 0. The molecule has 0 atom stereocenters. The Bertz CT molecular complexity index is 964. The Balaban J connectivity index is 0.00000289. The molecule has 0 unspecified atom stereocenters. The first-order valence-corrected chi connectivity index (χ1v) is 9.85. The molecule has 0 heterocycles. The van der Waals surface area contributed by atoms with E-state index < -0.39 is 12.3 Å². The molecule has 0 aliphatic carbocycles. The molecule has 0 fully saturated rings. The molecule has 1 N–H and O–H groups in total. The van der Waals surface area contributed by atoms with E-state index in [1.165, 1.54) is 0 Å². The van der Waals surface area contributed by atoms with E-state index in [9.17, 15) is 5.11 Å². The fourth-order valence-electron chi connectivity index (χ4n) is 2.85. The van der Waals surface area contributed by atoms with E-state index in [1.54, 1.807) is 72.8 Å². The topological polar surface area (TPSA) is 57.2 Å². The van der Waals surface area contributed by atoms with Gasteiger partial charge in [0.25, 0.3) is 0 Å². The van der Waals surface area contributed by atoms with E-state index in [1.807, 2.05) is 48.5 Å². The van der Waals surface area contributed by atoms with Gasteiger partial charge in [0.2, 0.25) is 0 Å². The van der Waals surface area contributed by atoms with Crippen molar-refractivity contribution in [3.8, 4) is 23.0 Å². The number of ether oxygens (including phenoxy) is 4. The molecule has 0 aliphatic heterocycles. The van der Waals surface area contributed by atoms with Crippen molar-refractivity contribution in [2.45, 2.75) is 12.3 Å². The maximum Gasteiger partial charge on any atom is 0.448 e. The third-order valence-electron chi connectivity index (χ3n) is 4.29. The Morgan fingerprint density at radius 1 is 0.469 bits per heavy atom. The first-order chi connectivity index (χ1) is 15.2. The normalized spacial score (nSPS) is 10.7. The van der Waals surface area contributed by atoms with Crippen LogP contribution in [0.25, 0.3) is 0 Å². The molecule has 0 saturated heterocycles. The van der Waals surface area contributed by atoms with Gasteiger partial charge in [-0.25, -0.2) is 0 Å². The minimum atomic E-state index is -2.31. The number of rotatable bonds is 9. The van der Waals surface area contributed by atoms with Crippen molar-refractivity contribution in [3.63, 3.8) is 0 Å². The minimum Gasteiger partial charge on any atom is -0.446 e. The second kappa shape index (κ2) is 11.4. The summed E-state index contributed by atoms with van der Waals surface area (Å²) in [5.74, 6) is -0.571. The zero-order chi connectivity index (χ0) is 21.4. The Kier molecular flexibility index (Phi) is 8.34. The van der Waals surface area contributed by atoms with Crippen molar-refractivity contribution >= 4 is 0 Å². The molecule has 0 spiro atoms. The maximum absolute atomic E-state index is 11.6. The Hall–Kier alpha value is -3.25. The summed E-state index contributed by atoms with van der Waals surface area (Å²) in [6, 6.07) is 35.8. The van der Waals surface area contributed by atoms with Crippen LogP contribution in [0.5, 0.6) is 23.0 Å². The van der Waals surface area contributed by atoms with Gasteiger partial charge in [0.1, 0.15) is 23.0 Å². The first kappa shape index (κ1) is 23.4. The molecule has 32 heavy (non-hydrogen) atoms. The molecule has 4 aromatic rings. The van der Waals surface area contributed by atoms with Crippen LogP contribution in [0.1, 0.15) is 0 Å². The van der Waals surface area contributed by atoms with E-state index in [2.05, 4.69) is 0 Å². The third-order valence-corrected chi connectivity index (χ3v) is 4.29. The van der Waals surface area contributed by atoms with E-state index >= 15 is 0 Å². The van der Waals surface area contributed by atoms with Crippen molar-refractivity contribution < 1.29 is 45.8 Å². The molecule has 160 valence electrons. The number of para-hydroxylation sites is 4. The molecule has 0 bridgehead atoms. The average molecular weight is 462 g/mol. The van der Waals surface area contributed by atoms with Gasteiger partial charge in [0.05, 0.1) is 0 Å². The monoisotopic (exact) mass is 462 g/mol. The van der Waals surface area contributed by atoms with E-state index in [0.717, 1.165) is 0 Å². The van der Waals surface area contributed by atoms with Gasteiger partial charge in [-0.1, -0.05) is 72.8 Å². The summed E-state index contributed by atoms with van der Waals surface area (Å²) in [5, 5.41) is 11.6. The predicted octanol–water partition coefficient (Wildman–Crippen LogP) is 5.27. The van der Waals surface area contributed by atoms with E-state index in [-0.39, 0.29) is 21.7 Å². The SMILES string of the molecule is OC(Oc1ccccc1)(Oc1ccccc1)C(Oc1ccccc1)Oc1ccccc1.[Ti]. The molecule has 0 aliphatic rings. The summed E-state index contributed by atoms with van der Waals surface area (Å²) >= 11 is 0. The van der Waals surface area contributed by atoms with Gasteiger partial charge >= 0.3 is 12.3 Å². The predicted molar refractivity (Wildman–Crippen MR) is 117 cm³/mol. The largest absolute Gasteiger partial charge is 0.448 e. The van der Waals surface area contributed by atoms with Crippen LogP contribution < -0.4 is 18.9 Å². The Morgan fingerprint density at radius 2 is 0.750 bits per heavy atom. The summed E-state index contributed by atoms with van der Waals surface area (Å²) in [6.45, 7) is 0. The van der Waals surface area contributed by atoms with Crippen LogP contribution >= 0.6 is 0 Å². The molecule has 5 nitrogen and oxygen atoms in total. The molecule has 6 heteroatoms. The number of hydrogen-bond donors (Lipinski definition) is 1. The van der Waals surface area contributed by atoms with Gasteiger partial charge in [-0.3, -0.25) is 0 Å². The summed E-state index contributed by atoms with van der Waals surface area (Å²) in [7, 11) is 0. The van der Waals surface area contributed by atoms with Gasteiger partial charge in [0, 0.05) is 21.7 Å². The van der Waals surface area contributed by atoms with Gasteiger partial charge in [-0.2, -0.15) is 0 Å². The average Bonchev–Trinajstić information content (AvgIpc) is 2.81. The van der Waals surface area contributed by atoms with Crippen LogP contribution in [0.2, 0.25) is 0 Å². The number of benzene rings is 4. The van der Waals surface area contributed by atoms with Crippen LogP contribution in [0, 0.1) is 0 Å². The van der Waals surface area contributed by atoms with Gasteiger partial charge in [-0.15, -0.1) is 0 Å². The molecular formula is C26H22O5Ti. The second-order valence-electron chi connectivity index (χ2n) is 6.65. The molecule has 4 rings (SSSR count). The summed E-state index contributed by atoms with van der Waals surface area (Å²) in [6.07, 6.45) is -1.36. The molecule has 4 aromatic carbocycles. The second-order valence-corrected chi connectivity index (χ2v) is 6.65. The standard InChI is InChI=1S/C26H22O5.Ti/c27-26(30-23-17-9-3-10-18-23,31-24-19-11-4-12-20-24)25(28-21-13-5-1-6-14-21)29-22-15-7-2-8-16-22;/h1-20,25,27H;. The van der Waals surface area contributed by atoms with Crippen molar-refractivity contribution in [2.75, 3.05) is 0 Å². The van der Waals surface area contributed by atoms with Gasteiger partial charge in [-0.05, 0) is 48.5 Å². The van der Waals surface area contributed by atoms with Gasteiger partial charge in [0.15, 0.2) is 0 Å². The number of hydrogen-bond acceptors (Lipinski definition) is 5. The zero-order valence-corrected chi connectivity index (χ0v) is 18.8. The van der Waals surface area contributed by atoms with E-state index in [0.29, 0.717) is 23.0 Å². The van der Waals surface area contributed by atoms with Crippen molar-refractivity contribution in [1.29, 1.82) is 0 Å². The number of aliphatic hydroxyl groups is 1. The first-order valence-electron chi connectivity index (χ1n) is 9.85. The fourth-order valence-corrected chi connectivity index (χ4v) is 2.85. The molecular weight excluding hydrogens is 440 g/mol. The smallest absolute Gasteiger partial charge is 0.446 e. The zero-order valence-electron chi connectivity index (χ0n) is 17.2. The van der Waals surface area contributed by atoms with E-state index in [4.69, 9.17) is 18.9 Å². The van der Waals surface area contributed by atoms with Gasteiger partial charge < -0.3 is 24.1 Å². The third kappa shape index (κ3) is 6.38. The Morgan fingerprint density at radius 3 is 1.06 bits per heavy atom. The molecule has 0 aromatic heterocycles.